The van der Waals surface area contributed by atoms with E-state index in [1.807, 2.05) is 12.1 Å². The Morgan fingerprint density at radius 3 is 2.59 bits per heavy atom. The van der Waals surface area contributed by atoms with Crippen LogP contribution in [0.25, 0.3) is 0 Å². The fourth-order valence-electron chi connectivity index (χ4n) is 4.17. The molecule has 1 aliphatic rings. The first-order valence-corrected chi connectivity index (χ1v) is 10.6. The number of piperazine rings is 1. The number of methoxy groups -OCH3 is 2. The molecule has 2 aromatic rings. The quantitative estimate of drug-likeness (QED) is 0.666. The van der Waals surface area contributed by atoms with Crippen molar-refractivity contribution in [2.45, 2.75) is 31.8 Å². The molecule has 1 atom stereocenters. The van der Waals surface area contributed by atoms with E-state index in [-0.39, 0.29) is 6.61 Å². The van der Waals surface area contributed by atoms with E-state index in [0.717, 1.165) is 63.5 Å². The third kappa shape index (κ3) is 6.20. The summed E-state index contributed by atoms with van der Waals surface area (Å²) in [6.45, 7) is 5.22. The fraction of sp³-hybridized carbons (Fsp3) is 0.500. The number of aliphatic hydroxyl groups is 1. The number of hydrogen-bond acceptors (Lipinski definition) is 5. The van der Waals surface area contributed by atoms with Crippen LogP contribution in [-0.2, 0) is 13.0 Å². The smallest absolute Gasteiger partial charge is 0.127 e. The van der Waals surface area contributed by atoms with Crippen LogP contribution in [-0.4, -0.2) is 68.0 Å². The number of benzene rings is 2. The molecule has 0 spiro atoms. The molecular weight excluding hydrogens is 364 g/mol. The lowest BCUT2D eigenvalue weighted by Crippen LogP contribution is -2.53. The van der Waals surface area contributed by atoms with Crippen LogP contribution in [0.4, 0.5) is 0 Å². The van der Waals surface area contributed by atoms with Crippen molar-refractivity contribution in [2.24, 2.45) is 0 Å². The molecule has 0 aromatic heterocycles. The average Bonchev–Trinajstić information content (AvgIpc) is 2.76. The molecule has 1 N–H and O–H groups in total. The SMILES string of the molecule is COc1ccc(CN2CCN(CCCc3ccccc3)[C@H](CCO)C2)c(OC)c1. The van der Waals surface area contributed by atoms with Gasteiger partial charge in [0.15, 0.2) is 0 Å². The highest BCUT2D eigenvalue weighted by molar-refractivity contribution is 5.40. The number of aliphatic hydroxyl groups excluding tert-OH is 1. The molecule has 1 aliphatic heterocycles. The van der Waals surface area contributed by atoms with E-state index in [0.29, 0.717) is 6.04 Å². The van der Waals surface area contributed by atoms with Crippen LogP contribution in [0.5, 0.6) is 11.5 Å². The lowest BCUT2D eigenvalue weighted by molar-refractivity contribution is 0.0543. The van der Waals surface area contributed by atoms with Crippen molar-refractivity contribution >= 4 is 0 Å². The second kappa shape index (κ2) is 11.2. The summed E-state index contributed by atoms with van der Waals surface area (Å²) in [4.78, 5) is 5.03. The predicted molar refractivity (Wildman–Crippen MR) is 117 cm³/mol. The van der Waals surface area contributed by atoms with Gasteiger partial charge in [0, 0.05) is 50.5 Å². The molecule has 1 saturated heterocycles. The Kier molecular flexibility index (Phi) is 8.35. The molecule has 3 rings (SSSR count). The fourth-order valence-corrected chi connectivity index (χ4v) is 4.17. The summed E-state index contributed by atoms with van der Waals surface area (Å²) in [7, 11) is 3.38. The van der Waals surface area contributed by atoms with Crippen LogP contribution in [0.2, 0.25) is 0 Å². The Morgan fingerprint density at radius 1 is 1.03 bits per heavy atom. The normalized spacial score (nSPS) is 18.0. The van der Waals surface area contributed by atoms with Gasteiger partial charge in [0.2, 0.25) is 0 Å². The minimum Gasteiger partial charge on any atom is -0.497 e. The molecule has 2 aromatic carbocycles. The van der Waals surface area contributed by atoms with Crippen molar-refractivity contribution in [1.82, 2.24) is 9.80 Å². The lowest BCUT2D eigenvalue weighted by atomic mass is 10.1. The van der Waals surface area contributed by atoms with Crippen LogP contribution < -0.4 is 9.47 Å². The van der Waals surface area contributed by atoms with Crippen LogP contribution in [0.1, 0.15) is 24.0 Å². The summed E-state index contributed by atoms with van der Waals surface area (Å²) in [6.07, 6.45) is 3.08. The summed E-state index contributed by atoms with van der Waals surface area (Å²) < 4.78 is 10.9. The Balaban J connectivity index is 1.55. The van der Waals surface area contributed by atoms with Crippen molar-refractivity contribution < 1.29 is 14.6 Å². The summed E-state index contributed by atoms with van der Waals surface area (Å²) in [5.41, 5.74) is 2.57. The number of nitrogens with zero attached hydrogens (tertiary/aromatic N) is 2. The molecule has 0 unspecified atom stereocenters. The van der Waals surface area contributed by atoms with Crippen molar-refractivity contribution in [2.75, 3.05) is 47.0 Å². The third-order valence-corrected chi connectivity index (χ3v) is 5.79. The van der Waals surface area contributed by atoms with E-state index in [1.165, 1.54) is 11.1 Å². The van der Waals surface area contributed by atoms with E-state index in [2.05, 4.69) is 46.2 Å². The summed E-state index contributed by atoms with van der Waals surface area (Å²) >= 11 is 0. The summed E-state index contributed by atoms with van der Waals surface area (Å²) in [5, 5.41) is 9.58. The second-order valence-electron chi connectivity index (χ2n) is 7.70. The number of ether oxygens (including phenoxy) is 2. The summed E-state index contributed by atoms with van der Waals surface area (Å²) in [5.74, 6) is 1.68. The molecular formula is C24H34N2O3. The Labute approximate surface area is 174 Å². The zero-order valence-electron chi connectivity index (χ0n) is 17.7. The zero-order valence-corrected chi connectivity index (χ0v) is 17.7. The average molecular weight is 399 g/mol. The topological polar surface area (TPSA) is 45.2 Å². The largest absolute Gasteiger partial charge is 0.497 e. The molecule has 29 heavy (non-hydrogen) atoms. The van der Waals surface area contributed by atoms with Gasteiger partial charge in [-0.3, -0.25) is 9.80 Å². The van der Waals surface area contributed by atoms with Gasteiger partial charge >= 0.3 is 0 Å². The minimum absolute atomic E-state index is 0.236. The molecule has 0 radical (unpaired) electrons. The highest BCUT2D eigenvalue weighted by Gasteiger charge is 2.26. The van der Waals surface area contributed by atoms with Gasteiger partial charge in [0.25, 0.3) is 0 Å². The predicted octanol–water partition coefficient (Wildman–Crippen LogP) is 3.21. The van der Waals surface area contributed by atoms with Gasteiger partial charge in [-0.15, -0.1) is 0 Å². The number of aryl methyl sites for hydroxylation is 1. The maximum atomic E-state index is 9.58. The summed E-state index contributed by atoms with van der Waals surface area (Å²) in [6, 6.07) is 17.1. The molecule has 1 fully saturated rings. The number of hydrogen-bond donors (Lipinski definition) is 1. The molecule has 0 saturated carbocycles. The number of rotatable bonds is 10. The standard InChI is InChI=1S/C24H34N2O3/c1-28-23-11-10-21(24(17-23)29-2)18-25-14-15-26(22(19-25)12-16-27)13-6-9-20-7-4-3-5-8-20/h3-5,7-8,10-11,17,22,27H,6,9,12-16,18-19H2,1-2H3/t22-/m1/s1. The molecule has 158 valence electrons. The first kappa shape index (κ1) is 21.6. The van der Waals surface area contributed by atoms with Crippen LogP contribution in [0.3, 0.4) is 0 Å². The minimum atomic E-state index is 0.236. The zero-order chi connectivity index (χ0) is 20.5. The van der Waals surface area contributed by atoms with Gasteiger partial charge in [0.05, 0.1) is 14.2 Å². The maximum absolute atomic E-state index is 9.58. The van der Waals surface area contributed by atoms with Gasteiger partial charge in [-0.05, 0) is 37.4 Å². The third-order valence-electron chi connectivity index (χ3n) is 5.79. The lowest BCUT2D eigenvalue weighted by Gasteiger charge is -2.41. The first-order valence-electron chi connectivity index (χ1n) is 10.6. The van der Waals surface area contributed by atoms with E-state index in [9.17, 15) is 5.11 Å². The van der Waals surface area contributed by atoms with E-state index >= 15 is 0 Å². The van der Waals surface area contributed by atoms with Crippen LogP contribution in [0.15, 0.2) is 48.5 Å². The Bertz CT molecular complexity index is 738. The van der Waals surface area contributed by atoms with Crippen molar-refractivity contribution in [3.8, 4) is 11.5 Å². The van der Waals surface area contributed by atoms with E-state index < -0.39 is 0 Å². The highest BCUT2D eigenvalue weighted by atomic mass is 16.5. The van der Waals surface area contributed by atoms with Gasteiger partial charge in [-0.25, -0.2) is 0 Å². The van der Waals surface area contributed by atoms with Gasteiger partial charge in [0.1, 0.15) is 11.5 Å². The van der Waals surface area contributed by atoms with Crippen molar-refractivity contribution in [1.29, 1.82) is 0 Å². The Hall–Kier alpha value is -2.08. The maximum Gasteiger partial charge on any atom is 0.127 e. The molecule has 5 heteroatoms. The van der Waals surface area contributed by atoms with Gasteiger partial charge in [-0.1, -0.05) is 36.4 Å². The van der Waals surface area contributed by atoms with Crippen molar-refractivity contribution in [3.63, 3.8) is 0 Å². The van der Waals surface area contributed by atoms with E-state index in [1.54, 1.807) is 14.2 Å². The van der Waals surface area contributed by atoms with Crippen LogP contribution >= 0.6 is 0 Å². The van der Waals surface area contributed by atoms with Crippen molar-refractivity contribution in [3.05, 3.63) is 59.7 Å². The van der Waals surface area contributed by atoms with Gasteiger partial charge < -0.3 is 14.6 Å². The van der Waals surface area contributed by atoms with Gasteiger partial charge in [-0.2, -0.15) is 0 Å². The molecule has 0 amide bonds. The highest BCUT2D eigenvalue weighted by Crippen LogP contribution is 2.27. The molecule has 1 heterocycles. The van der Waals surface area contributed by atoms with E-state index in [4.69, 9.17) is 9.47 Å². The molecule has 5 nitrogen and oxygen atoms in total. The molecule has 0 bridgehead atoms. The Morgan fingerprint density at radius 2 is 1.86 bits per heavy atom. The monoisotopic (exact) mass is 398 g/mol. The second-order valence-corrected chi connectivity index (χ2v) is 7.70. The molecule has 0 aliphatic carbocycles. The first-order chi connectivity index (χ1) is 14.2. The van der Waals surface area contributed by atoms with Crippen LogP contribution in [0, 0.1) is 0 Å².